The molecule has 2 aliphatic rings. The molecule has 1 N–H and O–H groups in total. The van der Waals surface area contributed by atoms with Crippen LogP contribution in [-0.2, 0) is 4.79 Å². The van der Waals surface area contributed by atoms with E-state index in [4.69, 9.17) is 0 Å². The fraction of sp³-hybridized carbons (Fsp3) is 0.333. The summed E-state index contributed by atoms with van der Waals surface area (Å²) in [5, 5.41) is 4.41. The maximum absolute atomic E-state index is 12.1. The zero-order valence-electron chi connectivity index (χ0n) is 10.4. The van der Waals surface area contributed by atoms with Crippen LogP contribution in [0.4, 0.5) is 0 Å². The van der Waals surface area contributed by atoms with Crippen molar-refractivity contribution in [1.82, 2.24) is 5.43 Å². The van der Waals surface area contributed by atoms with Crippen molar-refractivity contribution < 1.29 is 4.79 Å². The maximum atomic E-state index is 12.1. The Bertz CT molecular complexity index is 543. The molecule has 92 valence electrons. The lowest BCUT2D eigenvalue weighted by Crippen LogP contribution is -2.29. The highest BCUT2D eigenvalue weighted by molar-refractivity contribution is 6.09. The molecule has 0 saturated heterocycles. The van der Waals surface area contributed by atoms with Crippen molar-refractivity contribution >= 4 is 11.5 Å². The molecule has 1 aromatic rings. The Morgan fingerprint density at radius 2 is 2.00 bits per heavy atom. The molecular weight excluding hydrogens is 224 g/mol. The number of carbonyl (C=O) groups excluding carboxylic acids is 1. The Labute approximate surface area is 107 Å². The monoisotopic (exact) mass is 240 g/mol. The Balaban J connectivity index is 1.87. The van der Waals surface area contributed by atoms with Gasteiger partial charge >= 0.3 is 0 Å². The minimum Gasteiger partial charge on any atom is -0.294 e. The maximum Gasteiger partial charge on any atom is 0.161 e. The zero-order valence-corrected chi connectivity index (χ0v) is 10.4. The van der Waals surface area contributed by atoms with Gasteiger partial charge in [0.1, 0.15) is 0 Å². The second-order valence-corrected chi connectivity index (χ2v) is 5.11. The largest absolute Gasteiger partial charge is 0.294 e. The van der Waals surface area contributed by atoms with E-state index >= 15 is 0 Å². The first-order valence-electron chi connectivity index (χ1n) is 6.37. The third-order valence-electron chi connectivity index (χ3n) is 3.56. The minimum atomic E-state index is 0.277. The summed E-state index contributed by atoms with van der Waals surface area (Å²) in [5.41, 5.74) is 7.08. The first kappa shape index (κ1) is 11.2. The molecule has 1 aliphatic carbocycles. The van der Waals surface area contributed by atoms with Crippen molar-refractivity contribution in [2.75, 3.05) is 0 Å². The summed E-state index contributed by atoms with van der Waals surface area (Å²) in [6.07, 6.45) is 2.27. The van der Waals surface area contributed by atoms with Crippen molar-refractivity contribution in [2.24, 2.45) is 11.0 Å². The quantitative estimate of drug-likeness (QED) is 0.820. The number of hydrogen-bond acceptors (Lipinski definition) is 3. The fourth-order valence-corrected chi connectivity index (χ4v) is 2.61. The van der Waals surface area contributed by atoms with Gasteiger partial charge in [-0.3, -0.25) is 10.2 Å². The minimum absolute atomic E-state index is 0.277. The van der Waals surface area contributed by atoms with Crippen LogP contribution in [0, 0.1) is 5.92 Å². The fourth-order valence-electron chi connectivity index (χ4n) is 2.61. The molecule has 3 rings (SSSR count). The van der Waals surface area contributed by atoms with Crippen molar-refractivity contribution in [2.45, 2.75) is 26.2 Å². The number of hydrazone groups is 1. The van der Waals surface area contributed by atoms with Crippen LogP contribution in [0.5, 0.6) is 0 Å². The number of hydrogen-bond donors (Lipinski definition) is 1. The number of Topliss-reactive ketones (excluding diaryl/α,β-unsaturated/α-hetero) is 1. The van der Waals surface area contributed by atoms with Gasteiger partial charge in [0.25, 0.3) is 0 Å². The van der Waals surface area contributed by atoms with Gasteiger partial charge in [0.05, 0.1) is 5.71 Å². The average Bonchev–Trinajstić information content (AvgIpc) is 2.39. The highest BCUT2D eigenvalue weighted by Gasteiger charge is 2.28. The molecule has 3 heteroatoms. The van der Waals surface area contributed by atoms with Gasteiger partial charge in [-0.25, -0.2) is 0 Å². The van der Waals surface area contributed by atoms with Gasteiger partial charge in [-0.05, 0) is 17.9 Å². The molecule has 0 fully saturated rings. The number of nitrogens with zero attached hydrogens (tertiary/aromatic N) is 1. The van der Waals surface area contributed by atoms with Crippen LogP contribution in [0.3, 0.4) is 0 Å². The summed E-state index contributed by atoms with van der Waals surface area (Å²) in [6, 6.07) is 10.0. The van der Waals surface area contributed by atoms with Gasteiger partial charge in [-0.2, -0.15) is 5.10 Å². The molecule has 1 atom stereocenters. The van der Waals surface area contributed by atoms with Crippen molar-refractivity contribution in [3.8, 4) is 0 Å². The van der Waals surface area contributed by atoms with Gasteiger partial charge in [0.15, 0.2) is 5.78 Å². The molecule has 0 amide bonds. The predicted octanol–water partition coefficient (Wildman–Crippen LogP) is 2.64. The number of rotatable bonds is 1. The van der Waals surface area contributed by atoms with E-state index < -0.39 is 0 Å². The van der Waals surface area contributed by atoms with Crippen molar-refractivity contribution in [3.63, 3.8) is 0 Å². The third-order valence-corrected chi connectivity index (χ3v) is 3.56. The average molecular weight is 240 g/mol. The third kappa shape index (κ3) is 1.96. The molecule has 1 heterocycles. The number of benzene rings is 1. The number of ketones is 1. The van der Waals surface area contributed by atoms with Gasteiger partial charge in [-0.1, -0.05) is 37.3 Å². The summed E-state index contributed by atoms with van der Waals surface area (Å²) < 4.78 is 0. The summed E-state index contributed by atoms with van der Waals surface area (Å²) >= 11 is 0. The van der Waals surface area contributed by atoms with Crippen LogP contribution >= 0.6 is 0 Å². The van der Waals surface area contributed by atoms with E-state index in [1.165, 1.54) is 0 Å². The van der Waals surface area contributed by atoms with Gasteiger partial charge in [0.2, 0.25) is 0 Å². The molecule has 0 aromatic heterocycles. The van der Waals surface area contributed by atoms with E-state index in [2.05, 4.69) is 17.5 Å². The van der Waals surface area contributed by atoms with Crippen LogP contribution < -0.4 is 5.43 Å². The lowest BCUT2D eigenvalue weighted by Gasteiger charge is -2.27. The summed E-state index contributed by atoms with van der Waals surface area (Å²) in [5.74, 6) is 0.705. The number of carbonyl (C=O) groups is 1. The second kappa shape index (κ2) is 4.41. The second-order valence-electron chi connectivity index (χ2n) is 5.11. The highest BCUT2D eigenvalue weighted by atomic mass is 16.1. The summed E-state index contributed by atoms with van der Waals surface area (Å²) in [7, 11) is 0. The first-order valence-corrected chi connectivity index (χ1v) is 6.37. The van der Waals surface area contributed by atoms with E-state index in [0.29, 0.717) is 18.8 Å². The summed E-state index contributed by atoms with van der Waals surface area (Å²) in [4.78, 5) is 12.1. The van der Waals surface area contributed by atoms with Crippen molar-refractivity contribution in [1.29, 1.82) is 0 Å². The van der Waals surface area contributed by atoms with Crippen LogP contribution in [0.1, 0.15) is 31.7 Å². The van der Waals surface area contributed by atoms with Gasteiger partial charge < -0.3 is 0 Å². The normalized spacial score (nSPS) is 23.3. The van der Waals surface area contributed by atoms with E-state index in [0.717, 1.165) is 29.0 Å². The number of allylic oxidation sites excluding steroid dienone is 2. The lowest BCUT2D eigenvalue weighted by molar-refractivity contribution is -0.117. The Morgan fingerprint density at radius 3 is 2.78 bits per heavy atom. The molecule has 3 nitrogen and oxygen atoms in total. The van der Waals surface area contributed by atoms with Crippen LogP contribution in [0.25, 0.3) is 0 Å². The van der Waals surface area contributed by atoms with E-state index in [9.17, 15) is 4.79 Å². The molecule has 1 aromatic carbocycles. The lowest BCUT2D eigenvalue weighted by atomic mass is 9.84. The molecule has 0 spiro atoms. The van der Waals surface area contributed by atoms with E-state index in [1.54, 1.807) is 0 Å². The van der Waals surface area contributed by atoms with Crippen LogP contribution in [0.2, 0.25) is 0 Å². The van der Waals surface area contributed by atoms with Gasteiger partial charge in [0, 0.05) is 24.1 Å². The smallest absolute Gasteiger partial charge is 0.161 e. The Kier molecular flexibility index (Phi) is 2.74. The van der Waals surface area contributed by atoms with Crippen molar-refractivity contribution in [3.05, 3.63) is 47.2 Å². The Morgan fingerprint density at radius 1 is 1.22 bits per heavy atom. The zero-order chi connectivity index (χ0) is 12.5. The topological polar surface area (TPSA) is 41.5 Å². The molecule has 18 heavy (non-hydrogen) atoms. The standard InChI is InChI=1S/C15H16N2O/c1-10-7-14-12(15(18)8-10)9-13(16-17-14)11-5-3-2-4-6-11/h2-6,10,17H,7-9H2,1H3. The first-order chi connectivity index (χ1) is 8.74. The Hall–Kier alpha value is -1.90. The SMILES string of the molecule is CC1CC(=O)C2=C(C1)NN=C(c1ccccc1)C2. The van der Waals surface area contributed by atoms with Crippen LogP contribution in [0.15, 0.2) is 46.7 Å². The molecule has 1 unspecified atom stereocenters. The highest BCUT2D eigenvalue weighted by Crippen LogP contribution is 2.30. The molecule has 1 aliphatic heterocycles. The molecular formula is C15H16N2O. The van der Waals surface area contributed by atoms with E-state index in [-0.39, 0.29) is 5.78 Å². The molecule has 0 radical (unpaired) electrons. The van der Waals surface area contributed by atoms with Gasteiger partial charge in [-0.15, -0.1) is 0 Å². The molecule has 0 bridgehead atoms. The predicted molar refractivity (Wildman–Crippen MR) is 71.2 cm³/mol. The van der Waals surface area contributed by atoms with E-state index in [1.807, 2.05) is 30.3 Å². The molecule has 0 saturated carbocycles. The van der Waals surface area contributed by atoms with Crippen LogP contribution in [-0.4, -0.2) is 11.5 Å². The number of nitrogens with one attached hydrogen (secondary N) is 1. The summed E-state index contributed by atoms with van der Waals surface area (Å²) in [6.45, 7) is 2.11.